The third-order valence-corrected chi connectivity index (χ3v) is 5.91. The van der Waals surface area contributed by atoms with Gasteiger partial charge in [-0.3, -0.25) is 0 Å². The molecule has 0 spiro atoms. The van der Waals surface area contributed by atoms with E-state index in [2.05, 4.69) is 17.3 Å². The molecule has 3 atom stereocenters. The van der Waals surface area contributed by atoms with Gasteiger partial charge in [-0.1, -0.05) is 19.3 Å². The summed E-state index contributed by atoms with van der Waals surface area (Å²) in [5.41, 5.74) is 0. The third kappa shape index (κ3) is 4.46. The summed E-state index contributed by atoms with van der Waals surface area (Å²) >= 11 is 0. The monoisotopic (exact) mass is 278 g/mol. The lowest BCUT2D eigenvalue weighted by atomic mass is 9.88. The van der Waals surface area contributed by atoms with E-state index in [0.717, 1.165) is 23.8 Å². The summed E-state index contributed by atoms with van der Waals surface area (Å²) in [4.78, 5) is 2.62. The number of rotatable bonds is 10. The van der Waals surface area contributed by atoms with Crippen LogP contribution >= 0.6 is 0 Å². The van der Waals surface area contributed by atoms with Gasteiger partial charge in [0.2, 0.25) is 0 Å². The second kappa shape index (κ2) is 7.26. The molecule has 20 heavy (non-hydrogen) atoms. The number of fused-ring (bicyclic) bond motifs is 2. The van der Waals surface area contributed by atoms with Crippen molar-refractivity contribution in [3.05, 3.63) is 0 Å². The zero-order valence-electron chi connectivity index (χ0n) is 13.4. The van der Waals surface area contributed by atoms with Gasteiger partial charge in [-0.15, -0.1) is 0 Å². The number of hydrogen-bond acceptors (Lipinski definition) is 2. The van der Waals surface area contributed by atoms with Crippen molar-refractivity contribution < 1.29 is 0 Å². The summed E-state index contributed by atoms with van der Waals surface area (Å²) in [6, 6.07) is 0.892. The maximum absolute atomic E-state index is 3.61. The Bertz CT molecular complexity index is 287. The van der Waals surface area contributed by atoms with Crippen molar-refractivity contribution in [2.24, 2.45) is 17.8 Å². The molecule has 3 saturated carbocycles. The first-order valence-electron chi connectivity index (χ1n) is 9.23. The van der Waals surface area contributed by atoms with E-state index in [0.29, 0.717) is 0 Å². The van der Waals surface area contributed by atoms with Gasteiger partial charge in [-0.05, 0) is 82.8 Å². The van der Waals surface area contributed by atoms with Crippen LogP contribution in [0.3, 0.4) is 0 Å². The van der Waals surface area contributed by atoms with Crippen LogP contribution in [-0.4, -0.2) is 37.6 Å². The van der Waals surface area contributed by atoms with Crippen LogP contribution in [0.25, 0.3) is 0 Å². The molecule has 2 nitrogen and oxygen atoms in total. The molecule has 3 unspecified atom stereocenters. The molecule has 0 heterocycles. The molecule has 2 bridgehead atoms. The smallest absolute Gasteiger partial charge is 0.00682 e. The fraction of sp³-hybridized carbons (Fsp3) is 1.00. The van der Waals surface area contributed by atoms with Crippen molar-refractivity contribution in [1.29, 1.82) is 0 Å². The van der Waals surface area contributed by atoms with Gasteiger partial charge in [0.05, 0.1) is 0 Å². The summed E-state index contributed by atoms with van der Waals surface area (Å²) < 4.78 is 0. The average molecular weight is 278 g/mol. The van der Waals surface area contributed by atoms with Crippen molar-refractivity contribution in [3.8, 4) is 0 Å². The van der Waals surface area contributed by atoms with E-state index in [1.165, 1.54) is 64.6 Å². The molecule has 3 fully saturated rings. The lowest BCUT2D eigenvalue weighted by Gasteiger charge is -2.27. The Morgan fingerprint density at radius 1 is 0.950 bits per heavy atom. The number of nitrogens with one attached hydrogen (secondary N) is 1. The van der Waals surface area contributed by atoms with Crippen molar-refractivity contribution in [3.63, 3.8) is 0 Å². The quantitative estimate of drug-likeness (QED) is 0.613. The lowest BCUT2D eigenvalue weighted by molar-refractivity contribution is 0.217. The first kappa shape index (κ1) is 14.8. The van der Waals surface area contributed by atoms with Gasteiger partial charge in [0.15, 0.2) is 0 Å². The first-order chi connectivity index (χ1) is 9.81. The highest BCUT2D eigenvalue weighted by Gasteiger charge is 2.39. The normalized spacial score (nSPS) is 32.4. The SMILES string of the molecule is CN(CCCCCCNC1CC1)CC1CC2CCC1C2. The van der Waals surface area contributed by atoms with Crippen LogP contribution in [0.4, 0.5) is 0 Å². The molecule has 0 amide bonds. The Morgan fingerprint density at radius 2 is 1.80 bits per heavy atom. The maximum Gasteiger partial charge on any atom is 0.00682 e. The second-order valence-electron chi connectivity index (χ2n) is 7.84. The minimum atomic E-state index is 0.892. The molecule has 0 aromatic carbocycles. The Labute approximate surface area is 125 Å². The van der Waals surface area contributed by atoms with E-state index < -0.39 is 0 Å². The van der Waals surface area contributed by atoms with Gasteiger partial charge in [0, 0.05) is 12.6 Å². The fourth-order valence-corrected chi connectivity index (χ4v) is 4.55. The highest BCUT2D eigenvalue weighted by atomic mass is 15.1. The predicted molar refractivity (Wildman–Crippen MR) is 85.9 cm³/mol. The molecule has 116 valence electrons. The van der Waals surface area contributed by atoms with Gasteiger partial charge in [0.25, 0.3) is 0 Å². The minimum absolute atomic E-state index is 0.892. The van der Waals surface area contributed by atoms with Gasteiger partial charge in [-0.25, -0.2) is 0 Å². The van der Waals surface area contributed by atoms with Crippen LogP contribution in [-0.2, 0) is 0 Å². The fourth-order valence-electron chi connectivity index (χ4n) is 4.55. The highest BCUT2D eigenvalue weighted by Crippen LogP contribution is 2.48. The Balaban J connectivity index is 1.16. The molecule has 2 heteroatoms. The molecule has 3 aliphatic rings. The lowest BCUT2D eigenvalue weighted by Crippen LogP contribution is -2.29. The van der Waals surface area contributed by atoms with E-state index >= 15 is 0 Å². The first-order valence-corrected chi connectivity index (χ1v) is 9.23. The van der Waals surface area contributed by atoms with Crippen molar-refractivity contribution in [2.45, 2.75) is 70.3 Å². The zero-order chi connectivity index (χ0) is 13.8. The van der Waals surface area contributed by atoms with Crippen molar-refractivity contribution in [2.75, 3.05) is 26.7 Å². The van der Waals surface area contributed by atoms with Crippen molar-refractivity contribution in [1.82, 2.24) is 10.2 Å². The van der Waals surface area contributed by atoms with Crippen molar-refractivity contribution >= 4 is 0 Å². The van der Waals surface area contributed by atoms with E-state index in [1.54, 1.807) is 19.3 Å². The molecule has 0 aromatic heterocycles. The zero-order valence-corrected chi connectivity index (χ0v) is 13.4. The summed E-state index contributed by atoms with van der Waals surface area (Å²) in [7, 11) is 2.35. The summed E-state index contributed by atoms with van der Waals surface area (Å²) in [6.07, 6.45) is 14.7. The highest BCUT2D eigenvalue weighted by molar-refractivity contribution is 4.90. The standard InChI is InChI=1S/C18H34N2/c1-20(14-17-13-15-6-7-16(17)12-15)11-5-3-2-4-10-19-18-8-9-18/h15-19H,2-14H2,1H3. The van der Waals surface area contributed by atoms with E-state index in [9.17, 15) is 0 Å². The van der Waals surface area contributed by atoms with Gasteiger partial charge in [0.1, 0.15) is 0 Å². The molecular formula is C18H34N2. The number of unbranched alkanes of at least 4 members (excludes halogenated alkanes) is 3. The topological polar surface area (TPSA) is 15.3 Å². The maximum atomic E-state index is 3.61. The van der Waals surface area contributed by atoms with Crippen LogP contribution in [0.5, 0.6) is 0 Å². The van der Waals surface area contributed by atoms with Crippen LogP contribution in [0, 0.1) is 17.8 Å². The molecule has 1 N–H and O–H groups in total. The molecule has 3 aliphatic carbocycles. The number of hydrogen-bond donors (Lipinski definition) is 1. The van der Waals surface area contributed by atoms with E-state index in [-0.39, 0.29) is 0 Å². The summed E-state index contributed by atoms with van der Waals surface area (Å²) in [5, 5.41) is 3.61. The van der Waals surface area contributed by atoms with E-state index in [1.807, 2.05) is 0 Å². The Kier molecular flexibility index (Phi) is 5.39. The van der Waals surface area contributed by atoms with Gasteiger partial charge >= 0.3 is 0 Å². The summed E-state index contributed by atoms with van der Waals surface area (Å²) in [5.74, 6) is 3.25. The van der Waals surface area contributed by atoms with Crippen LogP contribution in [0.15, 0.2) is 0 Å². The summed E-state index contributed by atoms with van der Waals surface area (Å²) in [6.45, 7) is 3.96. The molecule has 3 rings (SSSR count). The van der Waals surface area contributed by atoms with E-state index in [4.69, 9.17) is 0 Å². The second-order valence-corrected chi connectivity index (χ2v) is 7.84. The minimum Gasteiger partial charge on any atom is -0.314 e. The number of nitrogens with zero attached hydrogens (tertiary/aromatic N) is 1. The van der Waals surface area contributed by atoms with Crippen LogP contribution in [0.2, 0.25) is 0 Å². The largest absolute Gasteiger partial charge is 0.314 e. The van der Waals surface area contributed by atoms with Gasteiger partial charge in [-0.2, -0.15) is 0 Å². The van der Waals surface area contributed by atoms with Crippen LogP contribution in [0.1, 0.15) is 64.2 Å². The predicted octanol–water partition coefficient (Wildman–Crippen LogP) is 3.67. The molecule has 0 saturated heterocycles. The molecule has 0 aliphatic heterocycles. The third-order valence-electron chi connectivity index (χ3n) is 5.91. The average Bonchev–Trinajstić information content (AvgIpc) is 3.03. The Morgan fingerprint density at radius 3 is 2.50 bits per heavy atom. The van der Waals surface area contributed by atoms with Crippen LogP contribution < -0.4 is 5.32 Å². The molecule has 0 radical (unpaired) electrons. The molecule has 0 aromatic rings. The molecular weight excluding hydrogens is 244 g/mol. The Hall–Kier alpha value is -0.0800. The van der Waals surface area contributed by atoms with Gasteiger partial charge < -0.3 is 10.2 Å².